The fraction of sp³-hybridized carbons (Fsp3) is 0.400. The monoisotopic (exact) mass is 280 g/mol. The van der Waals surface area contributed by atoms with Crippen molar-refractivity contribution in [2.45, 2.75) is 53.4 Å². The van der Waals surface area contributed by atoms with E-state index >= 15 is 0 Å². The zero-order valence-corrected chi connectivity index (χ0v) is 13.7. The summed E-state index contributed by atoms with van der Waals surface area (Å²) in [6.07, 6.45) is 4.16. The molecule has 0 aliphatic rings. The molecule has 0 fully saturated rings. The van der Waals surface area contributed by atoms with Crippen molar-refractivity contribution in [3.8, 4) is 0 Å². The third-order valence-electron chi connectivity index (χ3n) is 4.01. The predicted octanol–water partition coefficient (Wildman–Crippen LogP) is 5.48. The zero-order chi connectivity index (χ0) is 15.2. The van der Waals surface area contributed by atoms with Crippen LogP contribution in [-0.2, 0) is 25.7 Å². The van der Waals surface area contributed by atoms with Gasteiger partial charge in [0.2, 0.25) is 0 Å². The molecule has 0 bridgehead atoms. The second-order valence-corrected chi connectivity index (χ2v) is 5.41. The van der Waals surface area contributed by atoms with Gasteiger partial charge in [0.05, 0.1) is 0 Å². The van der Waals surface area contributed by atoms with E-state index < -0.39 is 0 Å². The molecule has 1 heteroatoms. The molecule has 2 aromatic rings. The first-order valence-electron chi connectivity index (χ1n) is 8.14. The van der Waals surface area contributed by atoms with Crippen LogP contribution in [0.3, 0.4) is 0 Å². The van der Waals surface area contributed by atoms with Crippen molar-refractivity contribution in [3.05, 3.63) is 58.7 Å². The Morgan fingerprint density at radius 2 is 1.33 bits per heavy atom. The number of aryl methyl sites for hydroxylation is 4. The van der Waals surface area contributed by atoms with Crippen molar-refractivity contribution in [2.75, 3.05) is 5.32 Å². The summed E-state index contributed by atoms with van der Waals surface area (Å²) in [6.45, 7) is 8.81. The van der Waals surface area contributed by atoms with Gasteiger partial charge in [0.15, 0.2) is 0 Å². The third kappa shape index (κ3) is 3.66. The first-order valence-corrected chi connectivity index (χ1v) is 8.14. The molecule has 0 unspecified atom stereocenters. The molecular formula is C20H26N. The van der Waals surface area contributed by atoms with Gasteiger partial charge in [-0.3, -0.25) is 0 Å². The molecule has 111 valence electrons. The highest BCUT2D eigenvalue weighted by molar-refractivity contribution is 5.68. The second kappa shape index (κ2) is 7.31. The summed E-state index contributed by atoms with van der Waals surface area (Å²) in [4.78, 5) is 0. The summed E-state index contributed by atoms with van der Waals surface area (Å²) in [5.41, 5.74) is 7.82. The molecule has 0 spiro atoms. The first kappa shape index (κ1) is 15.6. The summed E-state index contributed by atoms with van der Waals surface area (Å²) in [5, 5.41) is 3.67. The van der Waals surface area contributed by atoms with Crippen molar-refractivity contribution in [3.63, 3.8) is 0 Å². The minimum absolute atomic E-state index is 1.03. The van der Waals surface area contributed by atoms with Crippen LogP contribution in [0.2, 0.25) is 0 Å². The quantitative estimate of drug-likeness (QED) is 0.738. The van der Waals surface area contributed by atoms with Crippen molar-refractivity contribution in [1.29, 1.82) is 0 Å². The lowest BCUT2D eigenvalue weighted by Crippen LogP contribution is -2.01. The molecule has 1 nitrogen and oxygen atoms in total. The van der Waals surface area contributed by atoms with Crippen molar-refractivity contribution in [1.82, 2.24) is 0 Å². The van der Waals surface area contributed by atoms with E-state index in [1.165, 1.54) is 33.6 Å². The van der Waals surface area contributed by atoms with Crippen LogP contribution in [0.1, 0.15) is 49.9 Å². The van der Waals surface area contributed by atoms with Gasteiger partial charge in [-0.05, 0) is 66.1 Å². The maximum absolute atomic E-state index is 3.67. The van der Waals surface area contributed by atoms with Crippen molar-refractivity contribution in [2.24, 2.45) is 0 Å². The lowest BCUT2D eigenvalue weighted by Gasteiger charge is -2.17. The molecular weight excluding hydrogens is 254 g/mol. The molecule has 0 aromatic heterocycles. The van der Waals surface area contributed by atoms with Crippen LogP contribution in [0.4, 0.5) is 11.4 Å². The Morgan fingerprint density at radius 1 is 0.810 bits per heavy atom. The van der Waals surface area contributed by atoms with Gasteiger partial charge in [0.1, 0.15) is 0 Å². The average Bonchev–Trinajstić information content (AvgIpc) is 2.54. The largest absolute Gasteiger partial charge is 0.355 e. The number of para-hydroxylation sites is 1. The number of hydrogen-bond donors (Lipinski definition) is 1. The predicted molar refractivity (Wildman–Crippen MR) is 92.5 cm³/mol. The number of hydrogen-bond acceptors (Lipinski definition) is 1. The maximum Gasteiger partial charge on any atom is 0.0449 e. The standard InChI is InChI=1S/C20H26N/c1-5-15-12-16(6-2)14-19(13-15)21-20-17(7-3)10-9-11-18(20)8-4/h9-11,13-14,21H,5-8H2,1-4H3. The highest BCUT2D eigenvalue weighted by atomic mass is 14.9. The zero-order valence-electron chi connectivity index (χ0n) is 13.7. The van der Waals surface area contributed by atoms with Gasteiger partial charge in [-0.15, -0.1) is 0 Å². The Bertz CT molecular complexity index is 554. The molecule has 21 heavy (non-hydrogen) atoms. The Morgan fingerprint density at radius 3 is 1.76 bits per heavy atom. The number of rotatable bonds is 6. The summed E-state index contributed by atoms with van der Waals surface area (Å²) in [7, 11) is 0. The van der Waals surface area contributed by atoms with E-state index in [-0.39, 0.29) is 0 Å². The minimum atomic E-state index is 1.03. The number of anilines is 2. The number of nitrogens with one attached hydrogen (secondary N) is 1. The Kier molecular flexibility index (Phi) is 5.44. The lowest BCUT2D eigenvalue weighted by molar-refractivity contribution is 1.07. The van der Waals surface area contributed by atoms with E-state index in [1.807, 2.05) is 0 Å². The Hall–Kier alpha value is -1.76. The fourth-order valence-corrected chi connectivity index (χ4v) is 2.70. The SMILES string of the molecule is CCc1[c]c(CC)cc(Nc2c(CC)cccc2CC)c1. The van der Waals surface area contributed by atoms with Crippen molar-refractivity contribution >= 4 is 11.4 Å². The lowest BCUT2D eigenvalue weighted by atomic mass is 10.0. The van der Waals surface area contributed by atoms with Gasteiger partial charge < -0.3 is 5.32 Å². The molecule has 1 N–H and O–H groups in total. The molecule has 0 aliphatic heterocycles. The van der Waals surface area contributed by atoms with Crippen LogP contribution >= 0.6 is 0 Å². The summed E-state index contributed by atoms with van der Waals surface area (Å²) >= 11 is 0. The summed E-state index contributed by atoms with van der Waals surface area (Å²) < 4.78 is 0. The first-order chi connectivity index (χ1) is 10.2. The van der Waals surface area contributed by atoms with Crippen LogP contribution in [-0.4, -0.2) is 0 Å². The normalized spacial score (nSPS) is 10.7. The highest BCUT2D eigenvalue weighted by Crippen LogP contribution is 2.27. The van der Waals surface area contributed by atoms with Gasteiger partial charge in [-0.2, -0.15) is 0 Å². The number of benzene rings is 2. The van der Waals surface area contributed by atoms with Crippen LogP contribution < -0.4 is 5.32 Å². The molecule has 0 amide bonds. The summed E-state index contributed by atoms with van der Waals surface area (Å²) in [6, 6.07) is 14.5. The van der Waals surface area contributed by atoms with E-state index in [1.54, 1.807) is 0 Å². The van der Waals surface area contributed by atoms with E-state index in [2.05, 4.69) is 69.4 Å². The molecule has 1 radical (unpaired) electrons. The molecule has 2 rings (SSSR count). The molecule has 0 saturated carbocycles. The van der Waals surface area contributed by atoms with Crippen LogP contribution in [0.15, 0.2) is 30.3 Å². The average molecular weight is 280 g/mol. The highest BCUT2D eigenvalue weighted by Gasteiger charge is 2.07. The molecule has 0 atom stereocenters. The molecule has 0 saturated heterocycles. The molecule has 0 heterocycles. The van der Waals surface area contributed by atoms with Gasteiger partial charge >= 0.3 is 0 Å². The Labute approximate surface area is 129 Å². The van der Waals surface area contributed by atoms with Crippen molar-refractivity contribution < 1.29 is 0 Å². The van der Waals surface area contributed by atoms with Gasteiger partial charge in [0, 0.05) is 11.4 Å². The smallest absolute Gasteiger partial charge is 0.0449 e. The fourth-order valence-electron chi connectivity index (χ4n) is 2.70. The second-order valence-electron chi connectivity index (χ2n) is 5.41. The van der Waals surface area contributed by atoms with Gasteiger partial charge in [-0.25, -0.2) is 0 Å². The topological polar surface area (TPSA) is 12.0 Å². The van der Waals surface area contributed by atoms with Gasteiger partial charge in [0.25, 0.3) is 0 Å². The minimum Gasteiger partial charge on any atom is -0.355 e. The van der Waals surface area contributed by atoms with Crippen LogP contribution in [0.25, 0.3) is 0 Å². The van der Waals surface area contributed by atoms with E-state index in [0.717, 1.165) is 25.7 Å². The van der Waals surface area contributed by atoms with E-state index in [0.29, 0.717) is 0 Å². The van der Waals surface area contributed by atoms with Gasteiger partial charge in [-0.1, -0.05) is 45.9 Å². The summed E-state index contributed by atoms with van der Waals surface area (Å²) in [5.74, 6) is 0. The van der Waals surface area contributed by atoms with Crippen LogP contribution in [0.5, 0.6) is 0 Å². The van der Waals surface area contributed by atoms with E-state index in [9.17, 15) is 0 Å². The third-order valence-corrected chi connectivity index (χ3v) is 4.01. The van der Waals surface area contributed by atoms with Crippen LogP contribution in [0, 0.1) is 6.07 Å². The Balaban J connectivity index is 2.42. The molecule has 0 aliphatic carbocycles. The van der Waals surface area contributed by atoms with E-state index in [4.69, 9.17) is 0 Å². The molecule has 2 aromatic carbocycles. The maximum atomic E-state index is 3.67.